The van der Waals surface area contributed by atoms with Gasteiger partial charge >= 0.3 is 6.03 Å². The summed E-state index contributed by atoms with van der Waals surface area (Å²) in [5.74, 6) is 1.53. The van der Waals surface area contributed by atoms with Gasteiger partial charge in [-0.05, 0) is 23.7 Å². The molecule has 8 nitrogen and oxygen atoms in total. The Kier molecular flexibility index (Phi) is 5.71. The van der Waals surface area contributed by atoms with Gasteiger partial charge in [-0.1, -0.05) is 45.0 Å². The number of carbonyl (C=O) groups is 1. The van der Waals surface area contributed by atoms with Crippen LogP contribution in [0.15, 0.2) is 54.7 Å². The molecule has 2 aromatic heterocycles. The van der Waals surface area contributed by atoms with Gasteiger partial charge in [0.15, 0.2) is 0 Å². The molecule has 0 unspecified atom stereocenters. The number of amides is 2. The molecule has 0 fully saturated rings. The Hall–Kier alpha value is -3.65. The summed E-state index contributed by atoms with van der Waals surface area (Å²) >= 11 is 5.85. The lowest BCUT2D eigenvalue weighted by Crippen LogP contribution is -2.21. The molecule has 2 heterocycles. The molecule has 0 aliphatic rings. The molecule has 2 aromatic carbocycles. The third kappa shape index (κ3) is 4.65. The summed E-state index contributed by atoms with van der Waals surface area (Å²) in [6.45, 7) is 6.22. The maximum Gasteiger partial charge on any atom is 0.324 e. The summed E-state index contributed by atoms with van der Waals surface area (Å²) in [6, 6.07) is 14.3. The van der Waals surface area contributed by atoms with Crippen LogP contribution in [0, 0.1) is 0 Å². The molecule has 32 heavy (non-hydrogen) atoms. The van der Waals surface area contributed by atoms with Crippen LogP contribution in [0.3, 0.4) is 0 Å². The third-order valence-corrected chi connectivity index (χ3v) is 5.02. The number of benzene rings is 2. The van der Waals surface area contributed by atoms with Crippen LogP contribution < -0.4 is 15.4 Å². The predicted octanol–water partition coefficient (Wildman–Crippen LogP) is 5.75. The first-order chi connectivity index (χ1) is 15.2. The fraction of sp³-hybridized carbons (Fsp3) is 0.217. The number of ether oxygens (including phenoxy) is 1. The SMILES string of the molecule is Cn1nc(C(C)(C)C)cc1NC(=O)Nc1ccc(Oc2ccnc(Cl)n2)c2ccccc12. The lowest BCUT2D eigenvalue weighted by Gasteiger charge is -2.14. The van der Waals surface area contributed by atoms with E-state index in [1.54, 1.807) is 29.9 Å². The standard InChI is InChI=1S/C23H23ClN6O2/c1-23(2,3)18-13-19(30(4)29-18)27-22(31)26-16-9-10-17(15-8-6-5-7-14(15)16)32-20-11-12-25-21(24)28-20/h5-13H,1-4H3,(H2,26,27,31). The molecule has 2 N–H and O–H groups in total. The van der Waals surface area contributed by atoms with E-state index in [0.29, 0.717) is 23.1 Å². The molecule has 0 spiro atoms. The summed E-state index contributed by atoms with van der Waals surface area (Å²) in [6.07, 6.45) is 1.52. The van der Waals surface area contributed by atoms with E-state index in [4.69, 9.17) is 16.3 Å². The van der Waals surface area contributed by atoms with Crippen molar-refractivity contribution in [2.24, 2.45) is 7.05 Å². The molecule has 4 aromatic rings. The van der Waals surface area contributed by atoms with Crippen LogP contribution in [0.1, 0.15) is 26.5 Å². The van der Waals surface area contributed by atoms with Crippen LogP contribution in [-0.2, 0) is 12.5 Å². The molecule has 9 heteroatoms. The number of hydrogen-bond donors (Lipinski definition) is 2. The minimum absolute atomic E-state index is 0.103. The molecule has 0 bridgehead atoms. The number of urea groups is 1. The molecule has 164 valence electrons. The van der Waals surface area contributed by atoms with Crippen LogP contribution in [0.4, 0.5) is 16.3 Å². The van der Waals surface area contributed by atoms with Crippen molar-refractivity contribution in [3.05, 3.63) is 65.7 Å². The second kappa shape index (κ2) is 8.47. The minimum atomic E-state index is -0.366. The van der Waals surface area contributed by atoms with E-state index in [1.807, 2.05) is 30.3 Å². The number of aryl methyl sites for hydroxylation is 1. The summed E-state index contributed by atoms with van der Waals surface area (Å²) in [5.41, 5.74) is 1.42. The van der Waals surface area contributed by atoms with Crippen molar-refractivity contribution in [2.75, 3.05) is 10.6 Å². The van der Waals surface area contributed by atoms with E-state index in [-0.39, 0.29) is 16.7 Å². The van der Waals surface area contributed by atoms with Crippen LogP contribution in [0.5, 0.6) is 11.6 Å². The zero-order valence-corrected chi connectivity index (χ0v) is 18.9. The third-order valence-electron chi connectivity index (χ3n) is 4.84. The summed E-state index contributed by atoms with van der Waals surface area (Å²) in [4.78, 5) is 20.6. The molecular weight excluding hydrogens is 428 g/mol. The fourth-order valence-electron chi connectivity index (χ4n) is 3.18. The average Bonchev–Trinajstić information content (AvgIpc) is 3.10. The normalized spacial score (nSPS) is 11.4. The number of anilines is 2. The number of halogens is 1. The highest BCUT2D eigenvalue weighted by Gasteiger charge is 2.20. The Morgan fingerprint density at radius 1 is 1.06 bits per heavy atom. The van der Waals surface area contributed by atoms with Crippen molar-refractivity contribution < 1.29 is 9.53 Å². The van der Waals surface area contributed by atoms with Crippen LogP contribution in [0.25, 0.3) is 10.8 Å². The van der Waals surface area contributed by atoms with Crippen molar-refractivity contribution in [3.63, 3.8) is 0 Å². The predicted molar refractivity (Wildman–Crippen MR) is 126 cm³/mol. The van der Waals surface area contributed by atoms with Gasteiger partial charge in [0, 0.05) is 41.6 Å². The van der Waals surface area contributed by atoms with Gasteiger partial charge in [-0.2, -0.15) is 10.1 Å². The Morgan fingerprint density at radius 3 is 2.50 bits per heavy atom. The fourth-order valence-corrected chi connectivity index (χ4v) is 3.32. The van der Waals surface area contributed by atoms with E-state index in [1.165, 1.54) is 6.20 Å². The Balaban J connectivity index is 1.58. The second-order valence-corrected chi connectivity index (χ2v) is 8.63. The maximum atomic E-state index is 12.7. The molecule has 0 radical (unpaired) electrons. The number of nitrogens with zero attached hydrogens (tertiary/aromatic N) is 4. The topological polar surface area (TPSA) is 94.0 Å². The molecule has 0 aliphatic carbocycles. The number of hydrogen-bond acceptors (Lipinski definition) is 5. The first-order valence-corrected chi connectivity index (χ1v) is 10.4. The maximum absolute atomic E-state index is 12.7. The van der Waals surface area contributed by atoms with Crippen molar-refractivity contribution in [1.82, 2.24) is 19.7 Å². The first kappa shape index (κ1) is 21.6. The van der Waals surface area contributed by atoms with Gasteiger partial charge in [0.05, 0.1) is 11.4 Å². The van der Waals surface area contributed by atoms with Gasteiger partial charge in [0.25, 0.3) is 0 Å². The van der Waals surface area contributed by atoms with E-state index in [0.717, 1.165) is 16.5 Å². The lowest BCUT2D eigenvalue weighted by molar-refractivity contribution is 0.262. The van der Waals surface area contributed by atoms with Gasteiger partial charge in [0.1, 0.15) is 11.6 Å². The van der Waals surface area contributed by atoms with Gasteiger partial charge in [-0.3, -0.25) is 10.00 Å². The van der Waals surface area contributed by atoms with Gasteiger partial charge in [-0.15, -0.1) is 0 Å². The summed E-state index contributed by atoms with van der Waals surface area (Å²) < 4.78 is 7.56. The van der Waals surface area contributed by atoms with E-state index in [9.17, 15) is 4.79 Å². The van der Waals surface area contributed by atoms with Gasteiger partial charge in [0.2, 0.25) is 11.2 Å². The van der Waals surface area contributed by atoms with Crippen LogP contribution in [-0.4, -0.2) is 25.8 Å². The number of nitrogens with one attached hydrogen (secondary N) is 2. The number of fused-ring (bicyclic) bond motifs is 1. The lowest BCUT2D eigenvalue weighted by atomic mass is 9.92. The molecule has 0 aliphatic heterocycles. The van der Waals surface area contributed by atoms with E-state index in [2.05, 4.69) is 46.5 Å². The van der Waals surface area contributed by atoms with E-state index < -0.39 is 0 Å². The van der Waals surface area contributed by atoms with Crippen molar-refractivity contribution in [3.8, 4) is 11.6 Å². The Morgan fingerprint density at radius 2 is 1.81 bits per heavy atom. The summed E-state index contributed by atoms with van der Waals surface area (Å²) in [7, 11) is 1.80. The second-order valence-electron chi connectivity index (χ2n) is 8.29. The number of rotatable bonds is 4. The zero-order valence-electron chi connectivity index (χ0n) is 18.2. The molecule has 0 saturated heterocycles. The molecular formula is C23H23ClN6O2. The van der Waals surface area contributed by atoms with Gasteiger partial charge in [-0.25, -0.2) is 9.78 Å². The van der Waals surface area contributed by atoms with Crippen LogP contribution >= 0.6 is 11.6 Å². The summed E-state index contributed by atoms with van der Waals surface area (Å²) in [5, 5.41) is 12.0. The van der Waals surface area contributed by atoms with Crippen molar-refractivity contribution in [2.45, 2.75) is 26.2 Å². The van der Waals surface area contributed by atoms with Crippen molar-refractivity contribution >= 4 is 39.9 Å². The first-order valence-electron chi connectivity index (χ1n) is 10.0. The minimum Gasteiger partial charge on any atom is -0.438 e. The highest BCUT2D eigenvalue weighted by atomic mass is 35.5. The highest BCUT2D eigenvalue weighted by molar-refractivity contribution is 6.28. The molecule has 4 rings (SSSR count). The highest BCUT2D eigenvalue weighted by Crippen LogP contribution is 2.34. The van der Waals surface area contributed by atoms with Crippen LogP contribution in [0.2, 0.25) is 5.28 Å². The monoisotopic (exact) mass is 450 g/mol. The largest absolute Gasteiger partial charge is 0.438 e. The average molecular weight is 451 g/mol. The number of carbonyl (C=O) groups excluding carboxylic acids is 1. The number of aromatic nitrogens is 4. The van der Waals surface area contributed by atoms with Crippen molar-refractivity contribution in [1.29, 1.82) is 0 Å². The Bertz CT molecular complexity index is 1300. The van der Waals surface area contributed by atoms with E-state index >= 15 is 0 Å². The zero-order chi connectivity index (χ0) is 22.9. The quantitative estimate of drug-likeness (QED) is 0.386. The molecule has 0 atom stereocenters. The Labute approximate surface area is 190 Å². The van der Waals surface area contributed by atoms with Gasteiger partial charge < -0.3 is 10.1 Å². The molecule has 2 amide bonds. The molecule has 0 saturated carbocycles. The smallest absolute Gasteiger partial charge is 0.324 e.